The predicted molar refractivity (Wildman–Crippen MR) is 65.7 cm³/mol. The summed E-state index contributed by atoms with van der Waals surface area (Å²) < 4.78 is 11.9. The van der Waals surface area contributed by atoms with Crippen molar-refractivity contribution >= 4 is 19.2 Å². The summed E-state index contributed by atoms with van der Waals surface area (Å²) in [7, 11) is -3.54. The maximum Gasteiger partial charge on any atom is 0.238 e. The second kappa shape index (κ2) is 6.77. The fraction of sp³-hybridized carbons (Fsp3) is 0.800. The third kappa shape index (κ3) is 5.84. The van der Waals surface area contributed by atoms with Crippen LogP contribution in [0.1, 0.15) is 27.7 Å². The first kappa shape index (κ1) is 16.1. The lowest BCUT2D eigenvalue weighted by atomic mass is 10.5. The molecule has 0 heterocycles. The first-order valence-corrected chi connectivity index (χ1v) is 7.58. The van der Waals surface area contributed by atoms with Gasteiger partial charge in [0.05, 0.1) is 12.6 Å². The molecule has 0 radical (unpaired) electrons. The van der Waals surface area contributed by atoms with Crippen LogP contribution in [-0.4, -0.2) is 52.2 Å². The van der Waals surface area contributed by atoms with Crippen LogP contribution in [0.3, 0.4) is 0 Å². The Morgan fingerprint density at radius 1 is 1.00 bits per heavy atom. The molecule has 1 N–H and O–H groups in total. The summed E-state index contributed by atoms with van der Waals surface area (Å²) >= 11 is 0. The smallest absolute Gasteiger partial charge is 0.238 e. The minimum Gasteiger partial charge on any atom is -0.342 e. The van der Waals surface area contributed by atoms with E-state index in [1.165, 1.54) is 23.6 Å². The largest absolute Gasteiger partial charge is 0.342 e. The maximum absolute atomic E-state index is 11.9. The van der Waals surface area contributed by atoms with E-state index in [0.717, 1.165) is 0 Å². The summed E-state index contributed by atoms with van der Waals surface area (Å²) in [5.41, 5.74) is 0. The summed E-state index contributed by atoms with van der Waals surface area (Å²) in [4.78, 5) is 34.7. The highest BCUT2D eigenvalue weighted by Gasteiger charge is 2.26. The maximum atomic E-state index is 11.9. The third-order valence-corrected chi connectivity index (χ3v) is 4.00. The fourth-order valence-electron chi connectivity index (χ4n) is 1.42. The summed E-state index contributed by atoms with van der Waals surface area (Å²) in [6.07, 6.45) is -0.411. The van der Waals surface area contributed by atoms with Gasteiger partial charge in [0, 0.05) is 26.9 Å². The van der Waals surface area contributed by atoms with Gasteiger partial charge in [-0.2, -0.15) is 0 Å². The molecule has 0 aliphatic heterocycles. The Balaban J connectivity index is 4.62. The average molecular weight is 264 g/mol. The molecule has 0 bridgehead atoms. The van der Waals surface area contributed by atoms with E-state index in [-0.39, 0.29) is 24.4 Å². The van der Waals surface area contributed by atoms with Gasteiger partial charge >= 0.3 is 0 Å². The van der Waals surface area contributed by atoms with Crippen LogP contribution in [0.4, 0.5) is 0 Å². The molecule has 0 aliphatic rings. The van der Waals surface area contributed by atoms with Crippen LogP contribution in [0, 0.1) is 0 Å². The first-order chi connectivity index (χ1) is 7.73. The molecule has 0 aromatic heterocycles. The molecule has 0 atom stereocenters. The lowest BCUT2D eigenvalue weighted by Gasteiger charge is -2.26. The molecule has 17 heavy (non-hydrogen) atoms. The highest BCUT2D eigenvalue weighted by molar-refractivity contribution is 7.57. The second-order valence-corrected chi connectivity index (χ2v) is 6.14. The van der Waals surface area contributed by atoms with Gasteiger partial charge in [-0.15, -0.1) is 0 Å². The fourth-order valence-corrected chi connectivity index (χ4v) is 3.38. The number of carbonyl (C=O) groups excluding carboxylic acids is 2. The Labute approximate surface area is 102 Å². The van der Waals surface area contributed by atoms with Crippen molar-refractivity contribution in [1.29, 1.82) is 0 Å². The van der Waals surface area contributed by atoms with E-state index in [1.807, 2.05) is 0 Å². The molecule has 0 saturated heterocycles. The van der Waals surface area contributed by atoms with Gasteiger partial charge in [0.1, 0.15) is 0 Å². The Hall–Kier alpha value is -0.870. The molecule has 0 rings (SSSR count). The minimum absolute atomic E-state index is 0.206. The Morgan fingerprint density at radius 2 is 1.29 bits per heavy atom. The van der Waals surface area contributed by atoms with Gasteiger partial charge in [0.25, 0.3) is 0 Å². The summed E-state index contributed by atoms with van der Waals surface area (Å²) in [5, 5.41) is 0. The molecule has 2 amide bonds. The van der Waals surface area contributed by atoms with Crippen LogP contribution < -0.4 is 0 Å². The van der Waals surface area contributed by atoms with Crippen molar-refractivity contribution in [2.24, 2.45) is 0 Å². The zero-order chi connectivity index (χ0) is 13.6. The van der Waals surface area contributed by atoms with Gasteiger partial charge in [-0.25, -0.2) is 0 Å². The van der Waals surface area contributed by atoms with E-state index in [9.17, 15) is 19.0 Å². The number of hydrogen-bond acceptors (Lipinski definition) is 3. The van der Waals surface area contributed by atoms with E-state index in [1.54, 1.807) is 13.8 Å². The standard InChI is InChI=1S/C10H21N2O4P/c1-5-11(9(3)13)7-17(15,16)8-12(6-2)10(4)14/h5-8H2,1-4H3,(H,15,16). The van der Waals surface area contributed by atoms with Crippen molar-refractivity contribution in [2.75, 3.05) is 25.7 Å². The van der Waals surface area contributed by atoms with Crippen LogP contribution in [0.15, 0.2) is 0 Å². The van der Waals surface area contributed by atoms with Gasteiger partial charge in [-0.05, 0) is 13.8 Å². The number of hydrogen-bond donors (Lipinski definition) is 1. The van der Waals surface area contributed by atoms with Crippen molar-refractivity contribution in [2.45, 2.75) is 27.7 Å². The normalized spacial score (nSPS) is 11.1. The Morgan fingerprint density at radius 3 is 1.47 bits per heavy atom. The van der Waals surface area contributed by atoms with Crippen LogP contribution in [0.2, 0.25) is 0 Å². The summed E-state index contributed by atoms with van der Waals surface area (Å²) in [6.45, 7) is 6.95. The molecule has 0 aliphatic carbocycles. The van der Waals surface area contributed by atoms with Gasteiger partial charge in [-0.3, -0.25) is 14.2 Å². The molecular weight excluding hydrogens is 243 g/mol. The summed E-state index contributed by atoms with van der Waals surface area (Å²) in [5.74, 6) is -0.486. The first-order valence-electron chi connectivity index (χ1n) is 5.55. The highest BCUT2D eigenvalue weighted by atomic mass is 31.2. The van der Waals surface area contributed by atoms with Crippen LogP contribution in [-0.2, 0) is 14.2 Å². The second-order valence-electron chi connectivity index (χ2n) is 3.88. The van der Waals surface area contributed by atoms with Gasteiger partial charge < -0.3 is 14.7 Å². The monoisotopic (exact) mass is 264 g/mol. The van der Waals surface area contributed by atoms with Crippen molar-refractivity contribution in [3.63, 3.8) is 0 Å². The molecule has 6 nitrogen and oxygen atoms in total. The zero-order valence-corrected chi connectivity index (χ0v) is 11.7. The Bertz CT molecular complexity index is 304. The minimum atomic E-state index is -3.54. The van der Waals surface area contributed by atoms with E-state index in [0.29, 0.717) is 13.1 Å². The average Bonchev–Trinajstić information content (AvgIpc) is 2.22. The number of rotatable bonds is 6. The molecule has 0 fully saturated rings. The van der Waals surface area contributed by atoms with Gasteiger partial charge in [0.2, 0.25) is 19.2 Å². The molecule has 0 unspecified atom stereocenters. The van der Waals surface area contributed by atoms with Gasteiger partial charge in [-0.1, -0.05) is 0 Å². The molecule has 0 saturated carbocycles. The van der Waals surface area contributed by atoms with E-state index in [2.05, 4.69) is 0 Å². The zero-order valence-electron chi connectivity index (χ0n) is 10.8. The van der Waals surface area contributed by atoms with E-state index in [4.69, 9.17) is 0 Å². The predicted octanol–water partition coefficient (Wildman–Crippen LogP) is 0.909. The number of nitrogens with zero attached hydrogens (tertiary/aromatic N) is 2. The van der Waals surface area contributed by atoms with Crippen molar-refractivity contribution in [3.8, 4) is 0 Å². The van der Waals surface area contributed by atoms with Gasteiger partial charge in [0.15, 0.2) is 0 Å². The SMILES string of the molecule is CCN(CP(=O)(O)CN(CC)C(C)=O)C(C)=O. The Kier molecular flexibility index (Phi) is 6.42. The molecule has 0 spiro atoms. The molecule has 0 aromatic carbocycles. The number of carbonyl (C=O) groups is 2. The lowest BCUT2D eigenvalue weighted by molar-refractivity contribution is -0.128. The topological polar surface area (TPSA) is 77.9 Å². The molecule has 0 aromatic rings. The van der Waals surface area contributed by atoms with Crippen LogP contribution >= 0.6 is 7.37 Å². The highest BCUT2D eigenvalue weighted by Crippen LogP contribution is 2.41. The van der Waals surface area contributed by atoms with Crippen LogP contribution in [0.25, 0.3) is 0 Å². The third-order valence-electron chi connectivity index (χ3n) is 2.44. The summed E-state index contributed by atoms with van der Waals surface area (Å²) in [6, 6.07) is 0. The molecule has 7 heteroatoms. The van der Waals surface area contributed by atoms with Crippen LogP contribution in [0.5, 0.6) is 0 Å². The number of amides is 2. The van der Waals surface area contributed by atoms with Crippen molar-refractivity contribution < 1.29 is 19.0 Å². The van der Waals surface area contributed by atoms with E-state index < -0.39 is 7.37 Å². The quantitative estimate of drug-likeness (QED) is 0.723. The molecule has 100 valence electrons. The van der Waals surface area contributed by atoms with Crippen molar-refractivity contribution in [3.05, 3.63) is 0 Å². The van der Waals surface area contributed by atoms with E-state index >= 15 is 0 Å². The lowest BCUT2D eigenvalue weighted by Crippen LogP contribution is -2.34. The molecular formula is C10H21N2O4P. The van der Waals surface area contributed by atoms with Crippen molar-refractivity contribution in [1.82, 2.24) is 9.80 Å².